The Labute approximate surface area is 113 Å². The molecule has 3 rings (SSSR count). The Morgan fingerprint density at radius 3 is 2.95 bits per heavy atom. The number of hydrogen-bond acceptors (Lipinski definition) is 4. The monoisotopic (exact) mass is 259 g/mol. The van der Waals surface area contributed by atoms with E-state index in [0.717, 1.165) is 17.3 Å². The van der Waals surface area contributed by atoms with Gasteiger partial charge in [0, 0.05) is 25.5 Å². The fourth-order valence-electron chi connectivity index (χ4n) is 2.86. The highest BCUT2D eigenvalue weighted by molar-refractivity contribution is 5.65. The highest BCUT2D eigenvalue weighted by Gasteiger charge is 2.22. The summed E-state index contributed by atoms with van der Waals surface area (Å²) in [5.74, 6) is 2.44. The van der Waals surface area contributed by atoms with E-state index in [1.165, 1.54) is 25.7 Å². The average Bonchev–Trinajstić information content (AvgIpc) is 2.89. The Morgan fingerprint density at radius 1 is 1.32 bits per heavy atom. The van der Waals surface area contributed by atoms with E-state index in [9.17, 15) is 0 Å². The predicted octanol–water partition coefficient (Wildman–Crippen LogP) is 2.76. The number of nitrogens with zero attached hydrogens (tertiary/aromatic N) is 3. The largest absolute Gasteiger partial charge is 0.372 e. The Bertz CT molecular complexity index is 562. The molecule has 2 unspecified atom stereocenters. The zero-order valence-corrected chi connectivity index (χ0v) is 11.6. The van der Waals surface area contributed by atoms with Crippen molar-refractivity contribution in [3.8, 4) is 0 Å². The fourth-order valence-corrected chi connectivity index (χ4v) is 2.86. The Balaban J connectivity index is 1.92. The number of aromatic nitrogens is 3. The highest BCUT2D eigenvalue weighted by Crippen LogP contribution is 2.27. The van der Waals surface area contributed by atoms with Crippen LogP contribution in [-0.4, -0.2) is 27.5 Å². The van der Waals surface area contributed by atoms with Crippen LogP contribution in [0.15, 0.2) is 18.6 Å². The van der Waals surface area contributed by atoms with Gasteiger partial charge in [-0.05, 0) is 18.8 Å². The number of rotatable bonds is 3. The summed E-state index contributed by atoms with van der Waals surface area (Å²) in [6, 6.07) is 0.508. The molecule has 2 atom stereocenters. The second kappa shape index (κ2) is 5.07. The second-order valence-corrected chi connectivity index (χ2v) is 5.40. The molecule has 0 aromatic carbocycles. The van der Waals surface area contributed by atoms with E-state index < -0.39 is 0 Å². The topological polar surface area (TPSA) is 54.2 Å². The van der Waals surface area contributed by atoms with E-state index in [1.807, 2.05) is 30.0 Å². The maximum atomic E-state index is 4.61. The van der Waals surface area contributed by atoms with Gasteiger partial charge in [-0.1, -0.05) is 19.8 Å². The van der Waals surface area contributed by atoms with Crippen LogP contribution in [0, 0.1) is 5.92 Å². The molecule has 0 radical (unpaired) electrons. The van der Waals surface area contributed by atoms with Gasteiger partial charge in [0.1, 0.15) is 5.82 Å². The van der Waals surface area contributed by atoms with E-state index >= 15 is 0 Å². The summed E-state index contributed by atoms with van der Waals surface area (Å²) in [7, 11) is 1.89. The fraction of sp³-hybridized carbons (Fsp3) is 0.571. The van der Waals surface area contributed by atoms with Gasteiger partial charge in [0.05, 0.1) is 6.20 Å². The first-order valence-electron chi connectivity index (χ1n) is 7.06. The highest BCUT2D eigenvalue weighted by atomic mass is 15.1. The van der Waals surface area contributed by atoms with Crippen molar-refractivity contribution in [3.05, 3.63) is 18.6 Å². The van der Waals surface area contributed by atoms with Crippen molar-refractivity contribution in [2.45, 2.75) is 38.6 Å². The summed E-state index contributed by atoms with van der Waals surface area (Å²) in [5, 5.41) is 6.70. The zero-order valence-electron chi connectivity index (χ0n) is 11.6. The second-order valence-electron chi connectivity index (χ2n) is 5.40. The normalized spacial score (nSPS) is 23.5. The van der Waals surface area contributed by atoms with Crippen LogP contribution in [0.3, 0.4) is 0 Å². The molecule has 0 aliphatic heterocycles. The Kier molecular flexibility index (Phi) is 3.27. The van der Waals surface area contributed by atoms with Crippen LogP contribution in [0.4, 0.5) is 11.6 Å². The van der Waals surface area contributed by atoms with Crippen molar-refractivity contribution in [3.63, 3.8) is 0 Å². The molecule has 1 saturated carbocycles. The van der Waals surface area contributed by atoms with Gasteiger partial charge in [0.15, 0.2) is 11.5 Å². The van der Waals surface area contributed by atoms with Gasteiger partial charge in [-0.3, -0.25) is 0 Å². The third-order valence-electron chi connectivity index (χ3n) is 4.06. The summed E-state index contributed by atoms with van der Waals surface area (Å²) >= 11 is 0. The SMILES string of the molecule is CNc1cn2ccnc2c(NC2CCCCC2C)n1. The molecular formula is C14H21N5. The summed E-state index contributed by atoms with van der Waals surface area (Å²) in [6.07, 6.45) is 10.9. The molecule has 0 bridgehead atoms. The van der Waals surface area contributed by atoms with Gasteiger partial charge < -0.3 is 15.0 Å². The molecule has 102 valence electrons. The molecule has 19 heavy (non-hydrogen) atoms. The third-order valence-corrected chi connectivity index (χ3v) is 4.06. The molecule has 0 spiro atoms. The first kappa shape index (κ1) is 12.3. The minimum atomic E-state index is 0.508. The lowest BCUT2D eigenvalue weighted by atomic mass is 9.86. The van der Waals surface area contributed by atoms with Gasteiger partial charge in [-0.2, -0.15) is 0 Å². The van der Waals surface area contributed by atoms with Crippen LogP contribution in [0.5, 0.6) is 0 Å². The molecular weight excluding hydrogens is 238 g/mol. The van der Waals surface area contributed by atoms with E-state index in [-0.39, 0.29) is 0 Å². The van der Waals surface area contributed by atoms with Crippen molar-refractivity contribution >= 4 is 17.3 Å². The first-order chi connectivity index (χ1) is 9.28. The number of nitrogens with one attached hydrogen (secondary N) is 2. The molecule has 2 aromatic rings. The number of fused-ring (bicyclic) bond motifs is 1. The average molecular weight is 259 g/mol. The summed E-state index contributed by atoms with van der Waals surface area (Å²) in [6.45, 7) is 2.32. The lowest BCUT2D eigenvalue weighted by Crippen LogP contribution is -2.31. The molecule has 0 saturated heterocycles. The minimum absolute atomic E-state index is 0.508. The molecule has 2 N–H and O–H groups in total. The summed E-state index contributed by atoms with van der Waals surface area (Å²) < 4.78 is 2.01. The number of hydrogen-bond donors (Lipinski definition) is 2. The maximum absolute atomic E-state index is 4.61. The molecule has 5 nitrogen and oxygen atoms in total. The summed E-state index contributed by atoms with van der Waals surface area (Å²) in [5.41, 5.74) is 0.900. The van der Waals surface area contributed by atoms with Crippen molar-refractivity contribution in [1.82, 2.24) is 14.4 Å². The quantitative estimate of drug-likeness (QED) is 0.890. The van der Waals surface area contributed by atoms with Gasteiger partial charge in [0.2, 0.25) is 0 Å². The molecule has 1 fully saturated rings. The van der Waals surface area contributed by atoms with Crippen molar-refractivity contribution in [1.29, 1.82) is 0 Å². The van der Waals surface area contributed by atoms with Crippen LogP contribution in [-0.2, 0) is 0 Å². The van der Waals surface area contributed by atoms with E-state index in [4.69, 9.17) is 0 Å². The minimum Gasteiger partial charge on any atom is -0.372 e. The molecule has 1 aliphatic carbocycles. The number of imidazole rings is 1. The molecule has 5 heteroatoms. The standard InChI is InChI=1S/C14H21N5/c1-10-5-3-4-6-11(10)17-13-14-16-7-8-19(14)9-12(15-2)18-13/h7-11,15H,3-6H2,1-2H3,(H,17,18). The lowest BCUT2D eigenvalue weighted by Gasteiger charge is -2.30. The van der Waals surface area contributed by atoms with Crippen LogP contribution in [0.25, 0.3) is 5.65 Å². The van der Waals surface area contributed by atoms with Crippen molar-refractivity contribution < 1.29 is 0 Å². The van der Waals surface area contributed by atoms with Gasteiger partial charge in [0.25, 0.3) is 0 Å². The first-order valence-corrected chi connectivity index (χ1v) is 7.06. The van der Waals surface area contributed by atoms with Gasteiger partial charge >= 0.3 is 0 Å². The van der Waals surface area contributed by atoms with Crippen LogP contribution < -0.4 is 10.6 Å². The Hall–Kier alpha value is -1.78. The van der Waals surface area contributed by atoms with E-state index in [0.29, 0.717) is 12.0 Å². The molecule has 2 heterocycles. The summed E-state index contributed by atoms with van der Waals surface area (Å²) in [4.78, 5) is 9.01. The molecule has 1 aliphatic rings. The zero-order chi connectivity index (χ0) is 13.2. The Morgan fingerprint density at radius 2 is 2.16 bits per heavy atom. The van der Waals surface area contributed by atoms with Gasteiger partial charge in [-0.25, -0.2) is 9.97 Å². The molecule has 0 amide bonds. The van der Waals surface area contributed by atoms with Crippen LogP contribution in [0.1, 0.15) is 32.6 Å². The van der Waals surface area contributed by atoms with E-state index in [1.54, 1.807) is 0 Å². The smallest absolute Gasteiger partial charge is 0.180 e. The number of anilines is 2. The van der Waals surface area contributed by atoms with Crippen LogP contribution >= 0.6 is 0 Å². The van der Waals surface area contributed by atoms with Crippen molar-refractivity contribution in [2.24, 2.45) is 5.92 Å². The molecule has 2 aromatic heterocycles. The van der Waals surface area contributed by atoms with Crippen molar-refractivity contribution in [2.75, 3.05) is 17.7 Å². The van der Waals surface area contributed by atoms with E-state index in [2.05, 4.69) is 27.5 Å². The third kappa shape index (κ3) is 2.37. The predicted molar refractivity (Wildman–Crippen MR) is 77.6 cm³/mol. The lowest BCUT2D eigenvalue weighted by molar-refractivity contribution is 0.349. The van der Waals surface area contributed by atoms with Gasteiger partial charge in [-0.15, -0.1) is 0 Å². The van der Waals surface area contributed by atoms with Crippen LogP contribution in [0.2, 0.25) is 0 Å². The maximum Gasteiger partial charge on any atom is 0.180 e.